The number of nitrogens with two attached hydrogens (primary N) is 1. The Bertz CT molecular complexity index is 1290. The first-order valence-electron chi connectivity index (χ1n) is 11.0. The third-order valence-corrected chi connectivity index (χ3v) is 6.90. The van der Waals surface area contributed by atoms with Gasteiger partial charge in [0.05, 0.1) is 22.1 Å². The zero-order chi connectivity index (χ0) is 24.3. The standard InChI is InChI=1S/C22H25ClFN7O3/c1-10-5-29(13-6-30(7-13)22(32)33)8-15-18(24)16(23)4-14(19(15)34-10)12(3)31-21-17(11(2)28-31)20(25)26-9-27-21/h4,9-10,12-13H,5-8H2,1-3H3,(H,32,33)(H2,25,26,27)/t10-,12?/m0/s1. The molecule has 2 aliphatic heterocycles. The maximum absolute atomic E-state index is 15.3. The van der Waals surface area contributed by atoms with Gasteiger partial charge in [0.25, 0.3) is 0 Å². The normalized spacial score (nSPS) is 19.9. The maximum atomic E-state index is 15.3. The van der Waals surface area contributed by atoms with Crippen LogP contribution in [0.15, 0.2) is 12.4 Å². The van der Waals surface area contributed by atoms with E-state index >= 15 is 4.39 Å². The van der Waals surface area contributed by atoms with E-state index in [1.165, 1.54) is 11.2 Å². The smallest absolute Gasteiger partial charge is 0.407 e. The molecule has 5 rings (SSSR count). The number of aromatic nitrogens is 4. The molecule has 0 radical (unpaired) electrons. The van der Waals surface area contributed by atoms with E-state index in [0.717, 1.165) is 0 Å². The molecule has 1 amide bonds. The van der Waals surface area contributed by atoms with Crippen molar-refractivity contribution in [1.82, 2.24) is 29.5 Å². The monoisotopic (exact) mass is 489 g/mol. The first kappa shape index (κ1) is 22.6. The molecule has 2 aromatic heterocycles. The van der Waals surface area contributed by atoms with E-state index in [4.69, 9.17) is 22.1 Å². The summed E-state index contributed by atoms with van der Waals surface area (Å²) in [6.07, 6.45) is 0.184. The van der Waals surface area contributed by atoms with Crippen molar-refractivity contribution in [2.75, 3.05) is 25.4 Å². The number of hydrogen-bond acceptors (Lipinski definition) is 7. The first-order valence-corrected chi connectivity index (χ1v) is 11.4. The van der Waals surface area contributed by atoms with Crippen molar-refractivity contribution in [3.05, 3.63) is 40.1 Å². The van der Waals surface area contributed by atoms with Gasteiger partial charge in [-0.15, -0.1) is 0 Å². The maximum Gasteiger partial charge on any atom is 0.407 e. The van der Waals surface area contributed by atoms with Crippen LogP contribution in [-0.4, -0.2) is 72.5 Å². The van der Waals surface area contributed by atoms with Gasteiger partial charge in [0.2, 0.25) is 0 Å². The van der Waals surface area contributed by atoms with E-state index in [-0.39, 0.29) is 29.8 Å². The number of aryl methyl sites for hydroxylation is 1. The molecule has 1 aromatic carbocycles. The summed E-state index contributed by atoms with van der Waals surface area (Å²) in [4.78, 5) is 23.0. The van der Waals surface area contributed by atoms with Crippen LogP contribution in [0.4, 0.5) is 15.0 Å². The summed E-state index contributed by atoms with van der Waals surface area (Å²) in [6, 6.07) is 1.18. The summed E-state index contributed by atoms with van der Waals surface area (Å²) in [5.74, 6) is 0.240. The number of fused-ring (bicyclic) bond motifs is 2. The van der Waals surface area contributed by atoms with Crippen LogP contribution in [0.5, 0.6) is 5.75 Å². The number of amides is 1. The van der Waals surface area contributed by atoms with Gasteiger partial charge in [0.1, 0.15) is 29.8 Å². The lowest BCUT2D eigenvalue weighted by molar-refractivity contribution is 0.0214. The highest BCUT2D eigenvalue weighted by Gasteiger charge is 2.38. The second-order valence-electron chi connectivity index (χ2n) is 8.93. The predicted octanol–water partition coefficient (Wildman–Crippen LogP) is 3.06. The van der Waals surface area contributed by atoms with Gasteiger partial charge in [-0.05, 0) is 26.8 Å². The number of likely N-dealkylation sites (tertiary alicyclic amines) is 1. The average molecular weight is 490 g/mol. The molecule has 2 aliphatic rings. The summed E-state index contributed by atoms with van der Waals surface area (Å²) >= 11 is 6.35. The number of anilines is 1. The fraction of sp³-hybridized carbons (Fsp3) is 0.455. The van der Waals surface area contributed by atoms with Crippen LogP contribution in [0.1, 0.15) is 36.7 Å². The molecular weight excluding hydrogens is 465 g/mol. The Hall–Kier alpha value is -3.18. The zero-order valence-corrected chi connectivity index (χ0v) is 19.8. The number of nitrogen functional groups attached to an aromatic ring is 1. The van der Waals surface area contributed by atoms with Gasteiger partial charge < -0.3 is 20.5 Å². The number of rotatable bonds is 3. The van der Waals surface area contributed by atoms with E-state index < -0.39 is 11.9 Å². The van der Waals surface area contributed by atoms with Crippen molar-refractivity contribution in [3.8, 4) is 5.75 Å². The molecule has 3 aromatic rings. The van der Waals surface area contributed by atoms with Gasteiger partial charge in [-0.25, -0.2) is 23.8 Å². The minimum absolute atomic E-state index is 0.00950. The molecule has 2 atom stereocenters. The molecule has 0 saturated carbocycles. The third-order valence-electron chi connectivity index (χ3n) is 6.62. The Morgan fingerprint density at radius 1 is 1.35 bits per heavy atom. The quantitative estimate of drug-likeness (QED) is 0.575. The van der Waals surface area contributed by atoms with Gasteiger partial charge in [0, 0.05) is 43.3 Å². The second kappa shape index (κ2) is 8.24. The summed E-state index contributed by atoms with van der Waals surface area (Å²) in [5.41, 5.74) is 8.34. The molecule has 10 nitrogen and oxygen atoms in total. The molecule has 4 heterocycles. The van der Waals surface area contributed by atoms with Crippen molar-refractivity contribution in [2.24, 2.45) is 0 Å². The van der Waals surface area contributed by atoms with Crippen LogP contribution >= 0.6 is 11.6 Å². The summed E-state index contributed by atoms with van der Waals surface area (Å²) in [6.45, 7) is 7.21. The van der Waals surface area contributed by atoms with Crippen LogP contribution in [0.3, 0.4) is 0 Å². The number of ether oxygens (including phenoxy) is 1. The molecule has 0 bridgehead atoms. The topological polar surface area (TPSA) is 123 Å². The number of carboxylic acid groups (broad SMARTS) is 1. The largest absolute Gasteiger partial charge is 0.489 e. The Kier molecular flexibility index (Phi) is 5.48. The van der Waals surface area contributed by atoms with Crippen molar-refractivity contribution in [2.45, 2.75) is 45.5 Å². The molecule has 1 fully saturated rings. The number of carbonyl (C=O) groups is 1. The lowest BCUT2D eigenvalue weighted by Gasteiger charge is -2.43. The minimum Gasteiger partial charge on any atom is -0.489 e. The average Bonchev–Trinajstić information content (AvgIpc) is 2.98. The molecule has 1 saturated heterocycles. The zero-order valence-electron chi connectivity index (χ0n) is 19.0. The summed E-state index contributed by atoms with van der Waals surface area (Å²) in [5, 5.41) is 14.5. The molecular formula is C22H25ClFN7O3. The predicted molar refractivity (Wildman–Crippen MR) is 124 cm³/mol. The first-order chi connectivity index (χ1) is 16.2. The SMILES string of the molecule is Cc1nn(C(C)c2cc(Cl)c(F)c3c2O[C@@H](C)CN(C2CN(C(=O)O)C2)C3)c2ncnc(N)c12. The van der Waals surface area contributed by atoms with Crippen LogP contribution in [0, 0.1) is 12.7 Å². The van der Waals surface area contributed by atoms with E-state index in [1.54, 1.807) is 10.7 Å². The minimum atomic E-state index is -0.952. The lowest BCUT2D eigenvalue weighted by Crippen LogP contribution is -2.61. The third kappa shape index (κ3) is 3.59. The van der Waals surface area contributed by atoms with Gasteiger partial charge in [0.15, 0.2) is 5.65 Å². The Morgan fingerprint density at radius 2 is 2.09 bits per heavy atom. The van der Waals surface area contributed by atoms with Crippen LogP contribution in [0.25, 0.3) is 11.0 Å². The van der Waals surface area contributed by atoms with Gasteiger partial charge >= 0.3 is 6.09 Å². The summed E-state index contributed by atoms with van der Waals surface area (Å²) < 4.78 is 23.3. The van der Waals surface area contributed by atoms with E-state index in [1.807, 2.05) is 20.8 Å². The molecule has 3 N–H and O–H groups in total. The number of halogens is 2. The molecule has 0 aliphatic carbocycles. The highest BCUT2D eigenvalue weighted by molar-refractivity contribution is 6.31. The molecule has 34 heavy (non-hydrogen) atoms. The second-order valence-corrected chi connectivity index (χ2v) is 9.34. The lowest BCUT2D eigenvalue weighted by atomic mass is 10.0. The molecule has 0 spiro atoms. The summed E-state index contributed by atoms with van der Waals surface area (Å²) in [7, 11) is 0. The Balaban J connectivity index is 1.56. The van der Waals surface area contributed by atoms with Gasteiger partial charge in [-0.3, -0.25) is 4.90 Å². The number of hydrogen-bond donors (Lipinski definition) is 2. The fourth-order valence-corrected chi connectivity index (χ4v) is 5.03. The highest BCUT2D eigenvalue weighted by Crippen LogP contribution is 2.41. The molecule has 1 unspecified atom stereocenters. The van der Waals surface area contributed by atoms with Gasteiger partial charge in [-0.2, -0.15) is 5.10 Å². The number of benzene rings is 1. The molecule has 12 heteroatoms. The molecule has 180 valence electrons. The van der Waals surface area contributed by atoms with E-state index in [0.29, 0.717) is 59.1 Å². The Labute approximate surface area is 200 Å². The van der Waals surface area contributed by atoms with Crippen molar-refractivity contribution in [1.29, 1.82) is 0 Å². The Morgan fingerprint density at radius 3 is 2.79 bits per heavy atom. The highest BCUT2D eigenvalue weighted by atomic mass is 35.5. The number of nitrogens with zero attached hydrogens (tertiary/aromatic N) is 6. The van der Waals surface area contributed by atoms with Crippen molar-refractivity contribution in [3.63, 3.8) is 0 Å². The van der Waals surface area contributed by atoms with Crippen molar-refractivity contribution >= 4 is 34.5 Å². The van der Waals surface area contributed by atoms with Gasteiger partial charge in [-0.1, -0.05) is 11.6 Å². The van der Waals surface area contributed by atoms with Crippen LogP contribution in [-0.2, 0) is 6.54 Å². The van der Waals surface area contributed by atoms with Crippen LogP contribution < -0.4 is 10.5 Å². The fourth-order valence-electron chi connectivity index (χ4n) is 4.80. The van der Waals surface area contributed by atoms with E-state index in [9.17, 15) is 9.90 Å². The van der Waals surface area contributed by atoms with Crippen molar-refractivity contribution < 1.29 is 19.0 Å². The van der Waals surface area contributed by atoms with Crippen LogP contribution in [0.2, 0.25) is 5.02 Å². The van der Waals surface area contributed by atoms with E-state index in [2.05, 4.69) is 20.0 Å².